The zero-order chi connectivity index (χ0) is 19.2. The van der Waals surface area contributed by atoms with Crippen LogP contribution in [-0.2, 0) is 11.8 Å². The molecule has 1 atom stereocenters. The highest BCUT2D eigenvalue weighted by atomic mass is 16.2. The van der Waals surface area contributed by atoms with Crippen LogP contribution in [0.1, 0.15) is 48.2 Å². The lowest BCUT2D eigenvalue weighted by molar-refractivity contribution is -0.141. The molecule has 3 aliphatic heterocycles. The third-order valence-electron chi connectivity index (χ3n) is 7.23. The highest BCUT2D eigenvalue weighted by Crippen LogP contribution is 2.41. The largest absolute Gasteiger partial charge is 0.354 e. The molecule has 3 fully saturated rings. The Morgan fingerprint density at radius 1 is 1.15 bits per heavy atom. The van der Waals surface area contributed by atoms with Crippen molar-refractivity contribution < 1.29 is 9.59 Å². The normalized spacial score (nSPS) is 26.2. The number of carbonyl (C=O) groups is 2. The maximum atomic E-state index is 12.9. The lowest BCUT2D eigenvalue weighted by atomic mass is 9.72. The van der Waals surface area contributed by atoms with E-state index in [1.165, 1.54) is 0 Å². The molecule has 148 valence electrons. The van der Waals surface area contributed by atoms with E-state index in [9.17, 15) is 9.59 Å². The Balaban J connectivity index is 1.41. The number of likely N-dealkylation sites (N-methyl/N-ethyl adjacent to an activating group) is 1. The number of nitrogens with zero attached hydrogens (tertiary/aromatic N) is 4. The Labute approximate surface area is 162 Å². The number of hydrogen-bond donors (Lipinski definition) is 0. The first-order valence-corrected chi connectivity index (χ1v) is 10.3. The van der Waals surface area contributed by atoms with E-state index < -0.39 is 0 Å². The van der Waals surface area contributed by atoms with Gasteiger partial charge in [0.15, 0.2) is 0 Å². The van der Waals surface area contributed by atoms with E-state index in [1.54, 1.807) is 0 Å². The molecule has 2 amide bonds. The number of amides is 2. The third kappa shape index (κ3) is 3.40. The number of rotatable bonds is 2. The molecule has 6 heteroatoms. The smallest absolute Gasteiger partial charge is 0.255 e. The van der Waals surface area contributed by atoms with Gasteiger partial charge in [0.1, 0.15) is 0 Å². The van der Waals surface area contributed by atoms with Crippen molar-refractivity contribution in [1.29, 1.82) is 0 Å². The monoisotopic (exact) mass is 372 g/mol. The molecular formula is C21H32N4O2. The summed E-state index contributed by atoms with van der Waals surface area (Å²) in [5.74, 6) is 0.489. The molecule has 1 spiro atoms. The van der Waals surface area contributed by atoms with Crippen molar-refractivity contribution in [2.75, 3.05) is 39.8 Å². The van der Waals surface area contributed by atoms with E-state index in [4.69, 9.17) is 0 Å². The first-order valence-electron chi connectivity index (χ1n) is 10.3. The van der Waals surface area contributed by atoms with Gasteiger partial charge in [0.05, 0.1) is 5.56 Å². The molecule has 0 radical (unpaired) electrons. The van der Waals surface area contributed by atoms with E-state index in [0.29, 0.717) is 18.4 Å². The van der Waals surface area contributed by atoms with Gasteiger partial charge in [-0.05, 0) is 57.7 Å². The summed E-state index contributed by atoms with van der Waals surface area (Å²) < 4.78 is 2.00. The highest BCUT2D eigenvalue weighted by Gasteiger charge is 2.44. The second kappa shape index (κ2) is 6.97. The summed E-state index contributed by atoms with van der Waals surface area (Å²) >= 11 is 0. The Kier molecular flexibility index (Phi) is 4.78. The van der Waals surface area contributed by atoms with Gasteiger partial charge in [-0.25, -0.2) is 0 Å². The molecule has 1 aromatic rings. The first-order chi connectivity index (χ1) is 12.9. The van der Waals surface area contributed by atoms with Gasteiger partial charge in [-0.1, -0.05) is 0 Å². The molecule has 0 aliphatic carbocycles. The van der Waals surface area contributed by atoms with Crippen molar-refractivity contribution in [3.8, 4) is 0 Å². The van der Waals surface area contributed by atoms with Crippen LogP contribution in [-0.4, -0.2) is 76.9 Å². The molecular weight excluding hydrogens is 340 g/mol. The Bertz CT molecular complexity index is 733. The summed E-state index contributed by atoms with van der Waals surface area (Å²) in [5, 5.41) is 0. The summed E-state index contributed by atoms with van der Waals surface area (Å²) in [4.78, 5) is 32.0. The van der Waals surface area contributed by atoms with Crippen LogP contribution in [0, 0.1) is 12.3 Å². The van der Waals surface area contributed by atoms with Crippen LogP contribution >= 0.6 is 0 Å². The minimum absolute atomic E-state index is 0.157. The summed E-state index contributed by atoms with van der Waals surface area (Å²) in [6, 6.07) is 2.31. The molecule has 27 heavy (non-hydrogen) atoms. The van der Waals surface area contributed by atoms with Gasteiger partial charge in [0.2, 0.25) is 5.91 Å². The van der Waals surface area contributed by atoms with Crippen molar-refractivity contribution >= 4 is 11.8 Å². The molecule has 4 rings (SSSR count). The minimum Gasteiger partial charge on any atom is -0.354 e. The number of hydrogen-bond acceptors (Lipinski definition) is 3. The second-order valence-corrected chi connectivity index (χ2v) is 8.94. The fourth-order valence-electron chi connectivity index (χ4n) is 5.14. The molecule has 0 unspecified atom stereocenters. The van der Waals surface area contributed by atoms with Gasteiger partial charge < -0.3 is 19.3 Å². The van der Waals surface area contributed by atoms with Crippen LogP contribution in [0.25, 0.3) is 0 Å². The van der Waals surface area contributed by atoms with E-state index in [1.807, 2.05) is 35.7 Å². The van der Waals surface area contributed by atoms with Crippen molar-refractivity contribution in [1.82, 2.24) is 19.3 Å². The summed E-state index contributed by atoms with van der Waals surface area (Å²) in [6.45, 7) is 6.58. The predicted octanol–water partition coefficient (Wildman–Crippen LogP) is 1.88. The van der Waals surface area contributed by atoms with Crippen LogP contribution in [0.2, 0.25) is 0 Å². The van der Waals surface area contributed by atoms with Crippen LogP contribution in [0.3, 0.4) is 0 Å². The fraction of sp³-hybridized carbons (Fsp3) is 0.714. The van der Waals surface area contributed by atoms with Crippen molar-refractivity contribution in [3.05, 3.63) is 23.5 Å². The predicted molar refractivity (Wildman–Crippen MR) is 105 cm³/mol. The average Bonchev–Trinajstić information content (AvgIpc) is 3.24. The van der Waals surface area contributed by atoms with Gasteiger partial charge in [-0.3, -0.25) is 9.59 Å². The van der Waals surface area contributed by atoms with E-state index in [0.717, 1.165) is 69.7 Å². The summed E-state index contributed by atoms with van der Waals surface area (Å²) in [7, 11) is 4.12. The third-order valence-corrected chi connectivity index (χ3v) is 7.23. The number of aromatic nitrogens is 1. The Morgan fingerprint density at radius 2 is 1.89 bits per heavy atom. The number of aryl methyl sites for hydroxylation is 1. The molecule has 4 heterocycles. The van der Waals surface area contributed by atoms with E-state index in [2.05, 4.69) is 16.8 Å². The quantitative estimate of drug-likeness (QED) is 0.796. The molecule has 0 N–H and O–H groups in total. The van der Waals surface area contributed by atoms with Crippen LogP contribution in [0.5, 0.6) is 0 Å². The second-order valence-electron chi connectivity index (χ2n) is 8.94. The standard InChI is InChI=1S/C21H32N4O2/c1-16-18(6-11-23(16)3)20(27)24-12-8-21(9-13-24)7-4-19(26)25(15-21)17-5-10-22(2)14-17/h6,11,17H,4-5,7-10,12-15H2,1-3H3/t17-/m1/s1. The van der Waals surface area contributed by atoms with Crippen molar-refractivity contribution in [2.24, 2.45) is 12.5 Å². The molecule has 0 saturated carbocycles. The number of likely N-dealkylation sites (tertiary alicyclic amines) is 3. The first kappa shape index (κ1) is 18.5. The average molecular weight is 373 g/mol. The lowest BCUT2D eigenvalue weighted by Crippen LogP contribution is -2.55. The van der Waals surface area contributed by atoms with Crippen LogP contribution < -0.4 is 0 Å². The number of piperidine rings is 2. The summed E-state index contributed by atoms with van der Waals surface area (Å²) in [5.41, 5.74) is 2.06. The Hall–Kier alpha value is -1.82. The molecule has 6 nitrogen and oxygen atoms in total. The van der Waals surface area contributed by atoms with Crippen molar-refractivity contribution in [2.45, 2.75) is 45.1 Å². The number of carbonyl (C=O) groups excluding carboxylic acids is 2. The highest BCUT2D eigenvalue weighted by molar-refractivity contribution is 5.95. The lowest BCUT2D eigenvalue weighted by Gasteiger charge is -2.49. The molecule has 3 aliphatic rings. The van der Waals surface area contributed by atoms with Gasteiger partial charge in [-0.2, -0.15) is 0 Å². The maximum absolute atomic E-state index is 12.9. The molecule has 3 saturated heterocycles. The minimum atomic E-state index is 0.157. The fourth-order valence-corrected chi connectivity index (χ4v) is 5.14. The van der Waals surface area contributed by atoms with Crippen LogP contribution in [0.4, 0.5) is 0 Å². The van der Waals surface area contributed by atoms with Gasteiger partial charge in [-0.15, -0.1) is 0 Å². The van der Waals surface area contributed by atoms with Gasteiger partial charge >= 0.3 is 0 Å². The SMILES string of the molecule is Cc1c(C(=O)N2CCC3(CCC(=O)N([C@@H]4CCN(C)C4)C3)CC2)ccn1C. The maximum Gasteiger partial charge on any atom is 0.255 e. The zero-order valence-electron chi connectivity index (χ0n) is 16.9. The van der Waals surface area contributed by atoms with Crippen LogP contribution in [0.15, 0.2) is 12.3 Å². The Morgan fingerprint density at radius 3 is 2.48 bits per heavy atom. The van der Waals surface area contributed by atoms with Gasteiger partial charge in [0.25, 0.3) is 5.91 Å². The topological polar surface area (TPSA) is 48.8 Å². The van der Waals surface area contributed by atoms with E-state index >= 15 is 0 Å². The molecule has 1 aromatic heterocycles. The molecule has 0 aromatic carbocycles. The van der Waals surface area contributed by atoms with Gasteiger partial charge in [0, 0.05) is 57.6 Å². The van der Waals surface area contributed by atoms with Crippen molar-refractivity contribution in [3.63, 3.8) is 0 Å². The van der Waals surface area contributed by atoms with E-state index in [-0.39, 0.29) is 11.3 Å². The summed E-state index contributed by atoms with van der Waals surface area (Å²) in [6.07, 6.45) is 6.73. The zero-order valence-corrected chi connectivity index (χ0v) is 16.9. The molecule has 0 bridgehead atoms.